The number of rotatable bonds is 3. The molecule has 1 aromatic carbocycles. The normalized spacial score (nSPS) is 12.5. The van der Waals surface area contributed by atoms with Gasteiger partial charge in [-0.3, -0.25) is 0 Å². The lowest BCUT2D eigenvalue weighted by Crippen LogP contribution is -2.01. The molecule has 0 heteroatoms. The van der Waals surface area contributed by atoms with E-state index in [1.807, 2.05) is 13.0 Å². The van der Waals surface area contributed by atoms with E-state index >= 15 is 0 Å². The molecular weight excluding hydrogens is 168 g/mol. The molecule has 0 amide bonds. The first kappa shape index (κ1) is 10.9. The Kier molecular flexibility index (Phi) is 3.77. The second-order valence-electron chi connectivity index (χ2n) is 4.16. The average Bonchev–Trinajstić information content (AvgIpc) is 2.16. The lowest BCUT2D eigenvalue weighted by Gasteiger charge is -2.13. The Morgan fingerprint density at radius 2 is 1.86 bits per heavy atom. The minimum absolute atomic E-state index is 0.116. The fourth-order valence-corrected chi connectivity index (χ4v) is 1.66. The zero-order valence-electron chi connectivity index (χ0n) is 9.17. The topological polar surface area (TPSA) is 0 Å². The van der Waals surface area contributed by atoms with Crippen LogP contribution in [-0.2, 0) is 6.42 Å². The third-order valence-electron chi connectivity index (χ3n) is 2.37. The van der Waals surface area contributed by atoms with Crippen LogP contribution in [0.2, 0.25) is 0 Å². The van der Waals surface area contributed by atoms with Gasteiger partial charge in [-0.2, -0.15) is 0 Å². The summed E-state index contributed by atoms with van der Waals surface area (Å²) >= 11 is 0. The summed E-state index contributed by atoms with van der Waals surface area (Å²) in [6.07, 6.45) is 8.26. The predicted molar refractivity (Wildman–Crippen MR) is 60.5 cm³/mol. The summed E-state index contributed by atoms with van der Waals surface area (Å²) < 4.78 is 0. The second-order valence-corrected chi connectivity index (χ2v) is 4.16. The summed E-state index contributed by atoms with van der Waals surface area (Å²) in [5, 5.41) is 0. The van der Waals surface area contributed by atoms with Gasteiger partial charge in [0.2, 0.25) is 0 Å². The molecule has 0 aliphatic heterocycles. The van der Waals surface area contributed by atoms with Crippen molar-refractivity contribution in [2.45, 2.75) is 33.1 Å². The predicted octanol–water partition coefficient (Wildman–Crippen LogP) is 3.58. The molecule has 0 fully saturated rings. The molecule has 1 radical (unpaired) electrons. The van der Waals surface area contributed by atoms with Crippen molar-refractivity contribution < 1.29 is 0 Å². The van der Waals surface area contributed by atoms with Gasteiger partial charge < -0.3 is 0 Å². The van der Waals surface area contributed by atoms with Gasteiger partial charge in [0, 0.05) is 5.92 Å². The Morgan fingerprint density at radius 3 is 2.43 bits per heavy atom. The highest BCUT2D eigenvalue weighted by Crippen LogP contribution is 2.21. The summed E-state index contributed by atoms with van der Waals surface area (Å²) in [6, 6.07) is 8.36. The molecule has 73 valence electrons. The molecule has 0 heterocycles. The fourth-order valence-electron chi connectivity index (χ4n) is 1.66. The van der Waals surface area contributed by atoms with Crippen LogP contribution in [0.3, 0.4) is 0 Å². The van der Waals surface area contributed by atoms with Crippen LogP contribution >= 0.6 is 0 Å². The zero-order valence-corrected chi connectivity index (χ0v) is 9.17. The molecule has 1 aromatic rings. The first-order valence-corrected chi connectivity index (χ1v) is 5.15. The molecule has 0 aliphatic rings. The van der Waals surface area contributed by atoms with Gasteiger partial charge in [0.25, 0.3) is 0 Å². The third-order valence-corrected chi connectivity index (χ3v) is 2.37. The van der Waals surface area contributed by atoms with Gasteiger partial charge in [-0.25, -0.2) is 0 Å². The molecule has 0 nitrogen and oxygen atoms in total. The van der Waals surface area contributed by atoms with E-state index in [9.17, 15) is 0 Å². The van der Waals surface area contributed by atoms with Gasteiger partial charge in [-0.1, -0.05) is 44.0 Å². The van der Waals surface area contributed by atoms with Gasteiger partial charge >= 0.3 is 0 Å². The molecule has 0 spiro atoms. The number of hydrogen-bond acceptors (Lipinski definition) is 0. The smallest absolute Gasteiger partial charge is 0.0437 e. The van der Waals surface area contributed by atoms with Crippen molar-refractivity contribution in [1.82, 2.24) is 0 Å². The van der Waals surface area contributed by atoms with Gasteiger partial charge in [0.1, 0.15) is 0 Å². The molecule has 0 saturated heterocycles. The van der Waals surface area contributed by atoms with Crippen LogP contribution in [0.4, 0.5) is 0 Å². The first-order valence-electron chi connectivity index (χ1n) is 5.15. The van der Waals surface area contributed by atoms with E-state index in [0.29, 0.717) is 5.92 Å². The third kappa shape index (κ3) is 2.64. The number of hydrogen-bond donors (Lipinski definition) is 0. The molecule has 1 rings (SSSR count). The molecule has 0 aromatic heterocycles. The van der Waals surface area contributed by atoms with Crippen molar-refractivity contribution in [3.63, 3.8) is 0 Å². The maximum atomic E-state index is 7.18. The maximum absolute atomic E-state index is 7.18. The monoisotopic (exact) mass is 185 g/mol. The molecule has 0 saturated carbocycles. The standard InChI is InChI=1S/C14H17/c1-5-12(4)14-9-7-6-8-13(14)10-11(2)3/h6-9,11-12H,10H2,2-4H3. The van der Waals surface area contributed by atoms with E-state index < -0.39 is 0 Å². The summed E-state index contributed by atoms with van der Waals surface area (Å²) in [7, 11) is 0. The van der Waals surface area contributed by atoms with Gasteiger partial charge in [-0.05, 0) is 36.8 Å². The van der Waals surface area contributed by atoms with Crippen LogP contribution in [-0.4, -0.2) is 0 Å². The van der Waals surface area contributed by atoms with Crippen molar-refractivity contribution in [2.75, 3.05) is 0 Å². The average molecular weight is 185 g/mol. The van der Waals surface area contributed by atoms with E-state index in [4.69, 9.17) is 6.42 Å². The Balaban J connectivity index is 2.98. The lowest BCUT2D eigenvalue weighted by molar-refractivity contribution is 0.641. The van der Waals surface area contributed by atoms with Crippen molar-refractivity contribution in [3.8, 4) is 5.92 Å². The molecule has 0 N–H and O–H groups in total. The van der Waals surface area contributed by atoms with Crippen LogP contribution in [0.15, 0.2) is 24.3 Å². The summed E-state index contributed by atoms with van der Waals surface area (Å²) in [4.78, 5) is 0. The minimum atomic E-state index is 0.116. The largest absolute Gasteiger partial charge is 0.0812 e. The zero-order chi connectivity index (χ0) is 10.6. The second kappa shape index (κ2) is 4.86. The maximum Gasteiger partial charge on any atom is 0.0437 e. The van der Waals surface area contributed by atoms with Gasteiger partial charge in [0.05, 0.1) is 0 Å². The van der Waals surface area contributed by atoms with Gasteiger partial charge in [-0.15, -0.1) is 0 Å². The van der Waals surface area contributed by atoms with Crippen molar-refractivity contribution in [3.05, 3.63) is 41.8 Å². The highest BCUT2D eigenvalue weighted by Gasteiger charge is 2.08. The Bertz CT molecular complexity index is 328. The van der Waals surface area contributed by atoms with Crippen LogP contribution in [0.25, 0.3) is 0 Å². The van der Waals surface area contributed by atoms with Crippen molar-refractivity contribution in [2.24, 2.45) is 5.92 Å². The van der Waals surface area contributed by atoms with E-state index in [2.05, 4.69) is 38.0 Å². The number of benzene rings is 1. The van der Waals surface area contributed by atoms with E-state index in [1.165, 1.54) is 11.1 Å². The molecule has 1 unspecified atom stereocenters. The summed E-state index contributed by atoms with van der Waals surface area (Å²) in [5.74, 6) is 3.32. The highest BCUT2D eigenvalue weighted by atomic mass is 14.1. The highest BCUT2D eigenvalue weighted by molar-refractivity contribution is 5.33. The van der Waals surface area contributed by atoms with Crippen LogP contribution in [0.5, 0.6) is 0 Å². The molecule has 14 heavy (non-hydrogen) atoms. The van der Waals surface area contributed by atoms with Crippen LogP contribution < -0.4 is 0 Å². The minimum Gasteiger partial charge on any atom is -0.0812 e. The fraction of sp³-hybridized carbons (Fsp3) is 0.429. The Labute approximate surface area is 87.4 Å². The quantitative estimate of drug-likeness (QED) is 0.631. The van der Waals surface area contributed by atoms with Crippen molar-refractivity contribution >= 4 is 0 Å². The first-order chi connectivity index (χ1) is 6.65. The van der Waals surface area contributed by atoms with Crippen LogP contribution in [0, 0.1) is 18.3 Å². The lowest BCUT2D eigenvalue weighted by atomic mass is 9.91. The van der Waals surface area contributed by atoms with Crippen molar-refractivity contribution in [1.29, 1.82) is 0 Å². The summed E-state index contributed by atoms with van der Waals surface area (Å²) in [5.41, 5.74) is 2.60. The molecular formula is C14H17. The van der Waals surface area contributed by atoms with E-state index in [-0.39, 0.29) is 5.92 Å². The summed E-state index contributed by atoms with van der Waals surface area (Å²) in [6.45, 7) is 6.46. The van der Waals surface area contributed by atoms with Crippen LogP contribution in [0.1, 0.15) is 37.8 Å². The molecule has 1 atom stereocenters. The van der Waals surface area contributed by atoms with E-state index in [0.717, 1.165) is 6.42 Å². The Hall–Kier alpha value is -1.22. The SMILES string of the molecule is [C]#CC(C)c1ccccc1CC(C)C. The van der Waals surface area contributed by atoms with Gasteiger partial charge in [0.15, 0.2) is 0 Å². The molecule has 0 aliphatic carbocycles. The molecule has 0 bridgehead atoms. The Morgan fingerprint density at radius 1 is 1.21 bits per heavy atom. The van der Waals surface area contributed by atoms with E-state index in [1.54, 1.807) is 0 Å².